The van der Waals surface area contributed by atoms with Crippen molar-refractivity contribution >= 4 is 11.9 Å². The number of esters is 2. The van der Waals surface area contributed by atoms with Crippen molar-refractivity contribution < 1.29 is 19.1 Å². The minimum Gasteiger partial charge on any atom is -0.460 e. The smallest absolute Gasteiger partial charge is 0.324 e. The van der Waals surface area contributed by atoms with E-state index in [1.54, 1.807) is 4.90 Å². The van der Waals surface area contributed by atoms with Crippen molar-refractivity contribution in [3.8, 4) is 0 Å². The third-order valence-electron chi connectivity index (χ3n) is 4.26. The van der Waals surface area contributed by atoms with Crippen LogP contribution in [0.2, 0.25) is 0 Å². The Morgan fingerprint density at radius 1 is 0.929 bits per heavy atom. The predicted octanol–water partition coefficient (Wildman–Crippen LogP) is 1.98. The lowest BCUT2D eigenvalue weighted by molar-refractivity contribution is -0.151. The highest BCUT2D eigenvalue weighted by atomic mass is 16.6. The first-order valence-electron chi connectivity index (χ1n) is 9.16. The molecular formula is C22H27N2O4. The number of hydrogen-bond donors (Lipinski definition) is 1. The van der Waals surface area contributed by atoms with Gasteiger partial charge in [-0.2, -0.15) is 0 Å². The summed E-state index contributed by atoms with van der Waals surface area (Å²) < 4.78 is 10.2. The van der Waals surface area contributed by atoms with Crippen LogP contribution in [0.3, 0.4) is 0 Å². The summed E-state index contributed by atoms with van der Waals surface area (Å²) >= 11 is 0. The lowest BCUT2D eigenvalue weighted by Crippen LogP contribution is -2.39. The summed E-state index contributed by atoms with van der Waals surface area (Å²) in [7, 11) is 3.63. The fourth-order valence-electron chi connectivity index (χ4n) is 2.68. The maximum Gasteiger partial charge on any atom is 0.324 e. The lowest BCUT2D eigenvalue weighted by Gasteiger charge is -2.22. The van der Waals surface area contributed by atoms with Crippen LogP contribution in [0.25, 0.3) is 0 Å². The van der Waals surface area contributed by atoms with Gasteiger partial charge in [0.25, 0.3) is 0 Å². The van der Waals surface area contributed by atoms with Crippen LogP contribution in [0.15, 0.2) is 60.7 Å². The lowest BCUT2D eigenvalue weighted by atomic mass is 10.1. The fourth-order valence-corrected chi connectivity index (χ4v) is 2.68. The van der Waals surface area contributed by atoms with Gasteiger partial charge in [0.15, 0.2) is 6.61 Å². The molecule has 0 amide bonds. The Morgan fingerprint density at radius 3 is 2.00 bits per heavy atom. The standard InChI is InChI=1S/C22H27N2O4/c1-24(2)20(16-18-11-7-4-8-12-18)22(26)28-14-13-27-21(25)19(23)15-17-9-5-3-6-10-17/h3-12,14,19-20H,13,15-16,23H2,1-2H3/t19-,20-/m0/s1. The van der Waals surface area contributed by atoms with Crippen LogP contribution in [-0.4, -0.2) is 49.6 Å². The molecule has 0 saturated heterocycles. The van der Waals surface area contributed by atoms with Gasteiger partial charge in [0.1, 0.15) is 18.7 Å². The molecular weight excluding hydrogens is 356 g/mol. The van der Waals surface area contributed by atoms with Gasteiger partial charge < -0.3 is 15.2 Å². The quantitative estimate of drug-likeness (QED) is 0.499. The van der Waals surface area contributed by atoms with E-state index in [9.17, 15) is 9.59 Å². The molecule has 0 aromatic heterocycles. The van der Waals surface area contributed by atoms with Crippen LogP contribution in [-0.2, 0) is 31.9 Å². The molecule has 0 heterocycles. The summed E-state index contributed by atoms with van der Waals surface area (Å²) in [5.74, 6) is -0.942. The van der Waals surface area contributed by atoms with E-state index in [1.165, 1.54) is 6.61 Å². The van der Waals surface area contributed by atoms with Gasteiger partial charge in [-0.3, -0.25) is 14.5 Å². The SMILES string of the molecule is CN(C)[C@@H](Cc1ccccc1)C(=O)O[CH]COC(=O)[C@@H](N)Cc1ccccc1. The first-order valence-corrected chi connectivity index (χ1v) is 9.16. The van der Waals surface area contributed by atoms with Crippen LogP contribution >= 0.6 is 0 Å². The van der Waals surface area contributed by atoms with Crippen molar-refractivity contribution in [3.63, 3.8) is 0 Å². The Balaban J connectivity index is 1.73. The minimum absolute atomic E-state index is 0.140. The van der Waals surface area contributed by atoms with Gasteiger partial charge in [0.05, 0.1) is 0 Å². The molecule has 149 valence electrons. The first kappa shape index (κ1) is 21.6. The van der Waals surface area contributed by atoms with E-state index < -0.39 is 24.0 Å². The van der Waals surface area contributed by atoms with E-state index in [-0.39, 0.29) is 6.61 Å². The van der Waals surface area contributed by atoms with E-state index in [0.29, 0.717) is 12.8 Å². The number of nitrogens with two attached hydrogens (primary N) is 1. The second-order valence-corrected chi connectivity index (χ2v) is 6.70. The molecule has 6 nitrogen and oxygen atoms in total. The summed E-state index contributed by atoms with van der Waals surface area (Å²) in [6.07, 6.45) is 0.918. The molecule has 2 rings (SSSR count). The molecule has 6 heteroatoms. The van der Waals surface area contributed by atoms with Crippen molar-refractivity contribution in [1.29, 1.82) is 0 Å². The first-order chi connectivity index (χ1) is 13.5. The van der Waals surface area contributed by atoms with Gasteiger partial charge in [0, 0.05) is 0 Å². The zero-order chi connectivity index (χ0) is 20.4. The van der Waals surface area contributed by atoms with Gasteiger partial charge in [-0.25, -0.2) is 0 Å². The highest BCUT2D eigenvalue weighted by molar-refractivity contribution is 5.77. The molecule has 2 aromatic carbocycles. The topological polar surface area (TPSA) is 81.9 Å². The second kappa shape index (κ2) is 11.2. The Kier molecular flexibility index (Phi) is 8.65. The molecule has 2 aromatic rings. The molecule has 0 unspecified atom stereocenters. The molecule has 2 N–H and O–H groups in total. The van der Waals surface area contributed by atoms with Gasteiger partial charge in [-0.15, -0.1) is 0 Å². The normalized spacial score (nSPS) is 13.0. The van der Waals surface area contributed by atoms with E-state index in [4.69, 9.17) is 15.2 Å². The molecule has 0 aliphatic carbocycles. The summed E-state index contributed by atoms with van der Waals surface area (Å²) in [6.45, 7) is 1.05. The van der Waals surface area contributed by atoms with Crippen molar-refractivity contribution in [3.05, 3.63) is 78.4 Å². The number of hydrogen-bond acceptors (Lipinski definition) is 6. The van der Waals surface area contributed by atoms with E-state index >= 15 is 0 Å². The Labute approximate surface area is 166 Å². The van der Waals surface area contributed by atoms with Gasteiger partial charge in [-0.05, 0) is 38.1 Å². The van der Waals surface area contributed by atoms with Crippen LogP contribution in [0.4, 0.5) is 0 Å². The van der Waals surface area contributed by atoms with Crippen molar-refractivity contribution in [1.82, 2.24) is 4.90 Å². The van der Waals surface area contributed by atoms with Gasteiger partial charge in [0.2, 0.25) is 0 Å². The summed E-state index contributed by atoms with van der Waals surface area (Å²) in [6, 6.07) is 18.0. The third-order valence-corrected chi connectivity index (χ3v) is 4.26. The number of carbonyl (C=O) groups excluding carboxylic acids is 2. The number of likely N-dealkylation sites (N-methyl/N-ethyl adjacent to an activating group) is 1. The van der Waals surface area contributed by atoms with Crippen LogP contribution in [0, 0.1) is 6.61 Å². The Morgan fingerprint density at radius 2 is 1.46 bits per heavy atom. The largest absolute Gasteiger partial charge is 0.460 e. The molecule has 2 atom stereocenters. The predicted molar refractivity (Wildman–Crippen MR) is 107 cm³/mol. The highest BCUT2D eigenvalue weighted by Gasteiger charge is 2.23. The van der Waals surface area contributed by atoms with Crippen molar-refractivity contribution in [2.45, 2.75) is 24.9 Å². The summed E-state index contributed by atoms with van der Waals surface area (Å²) in [5, 5.41) is 0. The Hall–Kier alpha value is -2.70. The number of benzene rings is 2. The average Bonchev–Trinajstić information content (AvgIpc) is 2.70. The van der Waals surface area contributed by atoms with Crippen LogP contribution in [0.5, 0.6) is 0 Å². The van der Waals surface area contributed by atoms with E-state index in [2.05, 4.69) is 0 Å². The Bertz CT molecular complexity index is 735. The van der Waals surface area contributed by atoms with Crippen LogP contribution < -0.4 is 5.73 Å². The number of nitrogens with zero attached hydrogens (tertiary/aromatic N) is 1. The summed E-state index contributed by atoms with van der Waals surface area (Å²) in [4.78, 5) is 26.1. The summed E-state index contributed by atoms with van der Waals surface area (Å²) in [5.41, 5.74) is 7.86. The van der Waals surface area contributed by atoms with Crippen molar-refractivity contribution in [2.24, 2.45) is 5.73 Å². The van der Waals surface area contributed by atoms with E-state index in [1.807, 2.05) is 74.8 Å². The molecule has 0 fully saturated rings. The van der Waals surface area contributed by atoms with Crippen LogP contribution in [0.1, 0.15) is 11.1 Å². The zero-order valence-electron chi connectivity index (χ0n) is 16.3. The highest BCUT2D eigenvalue weighted by Crippen LogP contribution is 2.09. The fraction of sp³-hybridized carbons (Fsp3) is 0.318. The average molecular weight is 383 g/mol. The molecule has 0 aliphatic heterocycles. The molecule has 0 aliphatic rings. The molecule has 0 bridgehead atoms. The molecule has 0 saturated carbocycles. The maximum absolute atomic E-state index is 12.3. The second-order valence-electron chi connectivity index (χ2n) is 6.70. The van der Waals surface area contributed by atoms with Crippen molar-refractivity contribution in [2.75, 3.05) is 20.7 Å². The third kappa shape index (κ3) is 7.13. The van der Waals surface area contributed by atoms with E-state index in [0.717, 1.165) is 11.1 Å². The maximum atomic E-state index is 12.3. The van der Waals surface area contributed by atoms with Gasteiger partial charge >= 0.3 is 11.9 Å². The number of ether oxygens (including phenoxy) is 2. The number of carbonyl (C=O) groups is 2. The molecule has 28 heavy (non-hydrogen) atoms. The number of rotatable bonds is 10. The minimum atomic E-state index is -0.765. The molecule has 1 radical (unpaired) electrons. The zero-order valence-corrected chi connectivity index (χ0v) is 16.3. The monoisotopic (exact) mass is 383 g/mol. The van der Waals surface area contributed by atoms with Gasteiger partial charge in [-0.1, -0.05) is 60.7 Å². The molecule has 0 spiro atoms.